The van der Waals surface area contributed by atoms with Crippen molar-refractivity contribution in [3.63, 3.8) is 0 Å². The van der Waals surface area contributed by atoms with E-state index in [1.165, 1.54) is 6.92 Å². The molecule has 3 rings (SSSR count). The van der Waals surface area contributed by atoms with E-state index in [0.717, 1.165) is 21.6 Å². The quantitative estimate of drug-likeness (QED) is 0.763. The summed E-state index contributed by atoms with van der Waals surface area (Å²) in [4.78, 5) is 50.6. The minimum atomic E-state index is -1.03. The summed E-state index contributed by atoms with van der Waals surface area (Å²) in [5.74, 6) is -1.98. The van der Waals surface area contributed by atoms with E-state index in [-0.39, 0.29) is 23.6 Å². The van der Waals surface area contributed by atoms with Gasteiger partial charge >= 0.3 is 0 Å². The monoisotopic (exact) mass is 393 g/mol. The number of fused-ring (bicyclic) bond motifs is 1. The first-order valence-electron chi connectivity index (χ1n) is 9.33. The second kappa shape index (κ2) is 7.87. The van der Waals surface area contributed by atoms with Gasteiger partial charge in [0.1, 0.15) is 6.04 Å². The number of nitrogens with one attached hydrogen (secondary N) is 2. The van der Waals surface area contributed by atoms with Gasteiger partial charge in [-0.3, -0.25) is 24.1 Å². The van der Waals surface area contributed by atoms with Crippen LogP contribution in [0.15, 0.2) is 36.4 Å². The number of aryl methyl sites for hydroxylation is 3. The lowest BCUT2D eigenvalue weighted by Crippen LogP contribution is -2.49. The van der Waals surface area contributed by atoms with Crippen LogP contribution in [0.3, 0.4) is 0 Å². The minimum Gasteiger partial charge on any atom is -0.345 e. The van der Waals surface area contributed by atoms with Crippen LogP contribution in [0.4, 0.5) is 5.69 Å². The van der Waals surface area contributed by atoms with E-state index in [9.17, 15) is 19.2 Å². The van der Waals surface area contributed by atoms with Gasteiger partial charge in [-0.25, -0.2) is 0 Å². The fourth-order valence-corrected chi connectivity index (χ4v) is 3.55. The smallest absolute Gasteiger partial charge is 0.262 e. The second-order valence-electron chi connectivity index (χ2n) is 7.24. The van der Waals surface area contributed by atoms with E-state index in [1.54, 1.807) is 24.3 Å². The van der Waals surface area contributed by atoms with Gasteiger partial charge in [0, 0.05) is 5.69 Å². The Balaban J connectivity index is 1.62. The van der Waals surface area contributed by atoms with Crippen molar-refractivity contribution in [1.82, 2.24) is 10.2 Å². The summed E-state index contributed by atoms with van der Waals surface area (Å²) in [7, 11) is 0. The molecule has 2 aromatic carbocycles. The Morgan fingerprint density at radius 3 is 2.00 bits per heavy atom. The van der Waals surface area contributed by atoms with Gasteiger partial charge < -0.3 is 10.6 Å². The molecule has 0 bridgehead atoms. The predicted molar refractivity (Wildman–Crippen MR) is 109 cm³/mol. The molecule has 1 aliphatic rings. The number of amides is 4. The molecule has 0 aliphatic carbocycles. The third kappa shape index (κ3) is 3.89. The van der Waals surface area contributed by atoms with Gasteiger partial charge in [0.05, 0.1) is 17.7 Å². The maximum atomic E-state index is 12.5. The number of hydrogen-bond donors (Lipinski definition) is 2. The number of imide groups is 1. The predicted octanol–water partition coefficient (Wildman–Crippen LogP) is 2.35. The van der Waals surface area contributed by atoms with Crippen LogP contribution in [-0.4, -0.2) is 41.1 Å². The van der Waals surface area contributed by atoms with Gasteiger partial charge in [0.15, 0.2) is 0 Å². The fourth-order valence-electron chi connectivity index (χ4n) is 3.55. The number of hydrogen-bond acceptors (Lipinski definition) is 4. The molecular formula is C22H23N3O4. The van der Waals surface area contributed by atoms with E-state index < -0.39 is 23.8 Å². The van der Waals surface area contributed by atoms with Crippen molar-refractivity contribution in [3.05, 3.63) is 64.2 Å². The Morgan fingerprint density at radius 2 is 1.48 bits per heavy atom. The first-order chi connectivity index (χ1) is 13.7. The lowest BCUT2D eigenvalue weighted by molar-refractivity contribution is -0.126. The summed E-state index contributed by atoms with van der Waals surface area (Å²) >= 11 is 0. The van der Waals surface area contributed by atoms with Crippen molar-refractivity contribution in [1.29, 1.82) is 0 Å². The molecule has 1 heterocycles. The van der Waals surface area contributed by atoms with Crippen LogP contribution in [0.1, 0.15) is 44.3 Å². The van der Waals surface area contributed by atoms with E-state index >= 15 is 0 Å². The van der Waals surface area contributed by atoms with Crippen molar-refractivity contribution < 1.29 is 19.2 Å². The molecule has 1 atom stereocenters. The van der Waals surface area contributed by atoms with Crippen LogP contribution >= 0.6 is 0 Å². The van der Waals surface area contributed by atoms with E-state index in [1.807, 2.05) is 32.9 Å². The molecule has 7 heteroatoms. The van der Waals surface area contributed by atoms with Crippen LogP contribution in [-0.2, 0) is 9.59 Å². The number of rotatable bonds is 5. The largest absolute Gasteiger partial charge is 0.345 e. The molecule has 150 valence electrons. The number of nitrogens with zero attached hydrogens (tertiary/aromatic N) is 1. The van der Waals surface area contributed by atoms with E-state index in [0.29, 0.717) is 5.69 Å². The highest BCUT2D eigenvalue weighted by molar-refractivity contribution is 6.22. The number of carbonyl (C=O) groups is 4. The standard InChI is InChI=1S/C22H23N3O4/c1-12-9-13(2)19(14(3)10-12)24-18(26)11-23-20(27)15(4)25-21(28)16-7-5-6-8-17(16)22(25)29/h5-10,15H,11H2,1-4H3,(H,23,27)(H,24,26). The molecule has 2 aromatic rings. The first-order valence-corrected chi connectivity index (χ1v) is 9.33. The van der Waals surface area contributed by atoms with Crippen molar-refractivity contribution in [3.8, 4) is 0 Å². The lowest BCUT2D eigenvalue weighted by atomic mass is 10.1. The van der Waals surface area contributed by atoms with Crippen LogP contribution in [0.5, 0.6) is 0 Å². The molecule has 0 fully saturated rings. The number of benzene rings is 2. The molecule has 2 N–H and O–H groups in total. The maximum Gasteiger partial charge on any atom is 0.262 e. The summed E-state index contributed by atoms with van der Waals surface area (Å²) in [6.07, 6.45) is 0. The van der Waals surface area contributed by atoms with Gasteiger partial charge in [0.25, 0.3) is 11.8 Å². The average Bonchev–Trinajstić information content (AvgIpc) is 2.93. The molecule has 4 amide bonds. The van der Waals surface area contributed by atoms with Crippen LogP contribution < -0.4 is 10.6 Å². The topological polar surface area (TPSA) is 95.6 Å². The molecule has 0 aromatic heterocycles. The molecular weight excluding hydrogens is 370 g/mol. The van der Waals surface area contributed by atoms with Crippen molar-refractivity contribution in [2.24, 2.45) is 0 Å². The van der Waals surface area contributed by atoms with Gasteiger partial charge in [-0.15, -0.1) is 0 Å². The average molecular weight is 393 g/mol. The minimum absolute atomic E-state index is 0.265. The zero-order valence-electron chi connectivity index (χ0n) is 16.8. The third-order valence-electron chi connectivity index (χ3n) is 4.96. The summed E-state index contributed by atoms with van der Waals surface area (Å²) < 4.78 is 0. The van der Waals surface area contributed by atoms with Gasteiger partial charge in [-0.05, 0) is 51.0 Å². The van der Waals surface area contributed by atoms with Crippen LogP contribution in [0.2, 0.25) is 0 Å². The summed E-state index contributed by atoms with van der Waals surface area (Å²) in [6, 6.07) is 9.34. The van der Waals surface area contributed by atoms with Crippen molar-refractivity contribution in [2.45, 2.75) is 33.7 Å². The Hall–Kier alpha value is -3.48. The van der Waals surface area contributed by atoms with Crippen LogP contribution in [0, 0.1) is 20.8 Å². The van der Waals surface area contributed by atoms with Crippen molar-refractivity contribution in [2.75, 3.05) is 11.9 Å². The molecule has 1 unspecified atom stereocenters. The first kappa shape index (κ1) is 20.3. The number of anilines is 1. The zero-order chi connectivity index (χ0) is 21.3. The summed E-state index contributed by atoms with van der Waals surface area (Å²) in [5, 5.41) is 5.30. The lowest BCUT2D eigenvalue weighted by Gasteiger charge is -2.21. The Bertz CT molecular complexity index is 970. The highest BCUT2D eigenvalue weighted by Gasteiger charge is 2.40. The van der Waals surface area contributed by atoms with Crippen LogP contribution in [0.25, 0.3) is 0 Å². The van der Waals surface area contributed by atoms with E-state index in [2.05, 4.69) is 10.6 Å². The second-order valence-corrected chi connectivity index (χ2v) is 7.24. The third-order valence-corrected chi connectivity index (χ3v) is 4.96. The molecule has 29 heavy (non-hydrogen) atoms. The molecule has 0 radical (unpaired) electrons. The molecule has 0 saturated heterocycles. The summed E-state index contributed by atoms with van der Waals surface area (Å²) in [5.41, 5.74) is 4.23. The van der Waals surface area contributed by atoms with Gasteiger partial charge in [-0.1, -0.05) is 29.8 Å². The van der Waals surface area contributed by atoms with Gasteiger partial charge in [-0.2, -0.15) is 0 Å². The highest BCUT2D eigenvalue weighted by Crippen LogP contribution is 2.24. The molecule has 7 nitrogen and oxygen atoms in total. The number of carbonyl (C=O) groups excluding carboxylic acids is 4. The normalized spacial score (nSPS) is 13.9. The molecule has 1 aliphatic heterocycles. The SMILES string of the molecule is Cc1cc(C)c(NC(=O)CNC(=O)C(C)N2C(=O)c3ccccc3C2=O)c(C)c1. The Kier molecular flexibility index (Phi) is 5.50. The zero-order valence-corrected chi connectivity index (χ0v) is 16.8. The van der Waals surface area contributed by atoms with Gasteiger partial charge in [0.2, 0.25) is 11.8 Å². The van der Waals surface area contributed by atoms with Crippen molar-refractivity contribution >= 4 is 29.3 Å². The fraction of sp³-hybridized carbons (Fsp3) is 0.273. The summed E-state index contributed by atoms with van der Waals surface area (Å²) in [6.45, 7) is 6.98. The Morgan fingerprint density at radius 1 is 0.966 bits per heavy atom. The molecule has 0 saturated carbocycles. The maximum absolute atomic E-state index is 12.5. The Labute approximate surface area is 169 Å². The molecule has 0 spiro atoms. The van der Waals surface area contributed by atoms with E-state index in [4.69, 9.17) is 0 Å². The highest BCUT2D eigenvalue weighted by atomic mass is 16.2.